The molecule has 0 saturated heterocycles. The van der Waals surface area contributed by atoms with Gasteiger partial charge >= 0.3 is 0 Å². The molecule has 4 heteroatoms. The first-order valence-electron chi connectivity index (χ1n) is 5.06. The van der Waals surface area contributed by atoms with Gasteiger partial charge < -0.3 is 14.8 Å². The Labute approximate surface area is 87.9 Å². The monoisotopic (exact) mass is 206 g/mol. The van der Waals surface area contributed by atoms with Gasteiger partial charge in [0.15, 0.2) is 5.58 Å². The van der Waals surface area contributed by atoms with E-state index in [-0.39, 0.29) is 12.6 Å². The van der Waals surface area contributed by atoms with Gasteiger partial charge in [0.25, 0.3) is 6.01 Å². The zero-order valence-corrected chi connectivity index (χ0v) is 8.60. The largest absolute Gasteiger partial charge is 0.424 e. The maximum absolute atomic E-state index is 9.03. The number of hydrogen-bond acceptors (Lipinski definition) is 4. The Morgan fingerprint density at radius 3 is 2.93 bits per heavy atom. The summed E-state index contributed by atoms with van der Waals surface area (Å²) in [6.45, 7) is 2.08. The van der Waals surface area contributed by atoms with Crippen LogP contribution in [-0.2, 0) is 0 Å². The van der Waals surface area contributed by atoms with Crippen molar-refractivity contribution in [1.29, 1.82) is 0 Å². The van der Waals surface area contributed by atoms with Crippen molar-refractivity contribution in [2.24, 2.45) is 0 Å². The molecule has 4 nitrogen and oxygen atoms in total. The van der Waals surface area contributed by atoms with Crippen LogP contribution in [0.1, 0.15) is 13.3 Å². The molecule has 0 bridgehead atoms. The molecule has 0 amide bonds. The van der Waals surface area contributed by atoms with Crippen LogP contribution in [0.2, 0.25) is 0 Å². The van der Waals surface area contributed by atoms with Gasteiger partial charge in [-0.05, 0) is 18.6 Å². The second-order valence-corrected chi connectivity index (χ2v) is 3.42. The van der Waals surface area contributed by atoms with E-state index >= 15 is 0 Å². The highest BCUT2D eigenvalue weighted by atomic mass is 16.4. The number of nitrogens with one attached hydrogen (secondary N) is 1. The topological polar surface area (TPSA) is 58.3 Å². The van der Waals surface area contributed by atoms with Crippen molar-refractivity contribution in [2.75, 3.05) is 11.9 Å². The summed E-state index contributed by atoms with van der Waals surface area (Å²) in [5.41, 5.74) is 1.58. The molecule has 0 aliphatic heterocycles. The first kappa shape index (κ1) is 9.98. The molecule has 2 rings (SSSR count). The molecular formula is C11H14N2O2. The summed E-state index contributed by atoms with van der Waals surface area (Å²) < 4.78 is 5.47. The number of rotatable bonds is 4. The number of nitrogens with zero attached hydrogens (tertiary/aromatic N) is 1. The van der Waals surface area contributed by atoms with Gasteiger partial charge in [-0.15, -0.1) is 0 Å². The third-order valence-electron chi connectivity index (χ3n) is 2.33. The van der Waals surface area contributed by atoms with Gasteiger partial charge in [0.2, 0.25) is 0 Å². The zero-order valence-electron chi connectivity index (χ0n) is 8.60. The first-order valence-corrected chi connectivity index (χ1v) is 5.06. The summed E-state index contributed by atoms with van der Waals surface area (Å²) in [4.78, 5) is 4.26. The Hall–Kier alpha value is -1.55. The maximum atomic E-state index is 9.03. The minimum atomic E-state index is -0.00179. The number of hydrogen-bond donors (Lipinski definition) is 2. The van der Waals surface area contributed by atoms with Crippen molar-refractivity contribution in [3.8, 4) is 0 Å². The van der Waals surface area contributed by atoms with E-state index in [4.69, 9.17) is 9.52 Å². The third kappa shape index (κ3) is 2.10. The van der Waals surface area contributed by atoms with Gasteiger partial charge in [-0.1, -0.05) is 19.1 Å². The van der Waals surface area contributed by atoms with Crippen molar-refractivity contribution >= 4 is 17.1 Å². The Kier molecular flexibility index (Phi) is 2.87. The molecule has 15 heavy (non-hydrogen) atoms. The average Bonchev–Trinajstić information content (AvgIpc) is 2.68. The molecule has 0 spiro atoms. The van der Waals surface area contributed by atoms with Crippen molar-refractivity contribution in [3.05, 3.63) is 24.3 Å². The van der Waals surface area contributed by atoms with Crippen LogP contribution in [0.5, 0.6) is 0 Å². The Balaban J connectivity index is 2.21. The highest BCUT2D eigenvalue weighted by Gasteiger charge is 2.09. The second-order valence-electron chi connectivity index (χ2n) is 3.42. The van der Waals surface area contributed by atoms with Gasteiger partial charge in [0.1, 0.15) is 5.52 Å². The molecule has 0 fully saturated rings. The lowest BCUT2D eigenvalue weighted by Crippen LogP contribution is -2.22. The fourth-order valence-corrected chi connectivity index (χ4v) is 1.39. The van der Waals surface area contributed by atoms with Crippen molar-refractivity contribution in [2.45, 2.75) is 19.4 Å². The molecule has 0 aliphatic rings. The lowest BCUT2D eigenvalue weighted by molar-refractivity contribution is 0.270. The van der Waals surface area contributed by atoms with Crippen molar-refractivity contribution in [1.82, 2.24) is 4.98 Å². The minimum absolute atomic E-state index is 0.00179. The summed E-state index contributed by atoms with van der Waals surface area (Å²) in [5.74, 6) is 0. The van der Waals surface area contributed by atoms with Crippen LogP contribution in [0.3, 0.4) is 0 Å². The summed E-state index contributed by atoms with van der Waals surface area (Å²) in [7, 11) is 0. The SMILES string of the molecule is CC[C@@H](CO)Nc1nc2ccccc2o1. The van der Waals surface area contributed by atoms with Gasteiger partial charge in [0, 0.05) is 0 Å². The van der Waals surface area contributed by atoms with Gasteiger partial charge in [-0.25, -0.2) is 0 Å². The molecule has 80 valence electrons. The lowest BCUT2D eigenvalue weighted by atomic mass is 10.2. The standard InChI is InChI=1S/C11H14N2O2/c1-2-8(7-14)12-11-13-9-5-3-4-6-10(9)15-11/h3-6,8,14H,2,7H2,1H3,(H,12,13)/t8-/m0/s1. The number of anilines is 1. The quantitative estimate of drug-likeness (QED) is 0.803. The van der Waals surface area contributed by atoms with Crippen LogP contribution < -0.4 is 5.32 Å². The summed E-state index contributed by atoms with van der Waals surface area (Å²) in [6, 6.07) is 8.05. The molecule has 1 aromatic heterocycles. The fourth-order valence-electron chi connectivity index (χ4n) is 1.39. The van der Waals surface area contributed by atoms with E-state index < -0.39 is 0 Å². The number of aromatic nitrogens is 1. The number of benzene rings is 1. The summed E-state index contributed by atoms with van der Waals surface area (Å²) in [6.07, 6.45) is 0.829. The predicted octanol–water partition coefficient (Wildman–Crippen LogP) is 2.01. The zero-order chi connectivity index (χ0) is 10.7. The number of aliphatic hydroxyl groups excluding tert-OH is 1. The molecule has 0 radical (unpaired) electrons. The van der Waals surface area contributed by atoms with Gasteiger partial charge in [-0.2, -0.15) is 4.98 Å². The Morgan fingerprint density at radius 2 is 2.27 bits per heavy atom. The second kappa shape index (κ2) is 4.31. The predicted molar refractivity (Wildman–Crippen MR) is 58.8 cm³/mol. The van der Waals surface area contributed by atoms with E-state index in [1.54, 1.807) is 0 Å². The molecule has 0 saturated carbocycles. The number of fused-ring (bicyclic) bond motifs is 1. The molecule has 1 atom stereocenters. The smallest absolute Gasteiger partial charge is 0.295 e. The number of para-hydroxylation sites is 2. The number of oxazole rings is 1. The summed E-state index contributed by atoms with van der Waals surface area (Å²) >= 11 is 0. The minimum Gasteiger partial charge on any atom is -0.424 e. The molecule has 1 heterocycles. The third-order valence-corrected chi connectivity index (χ3v) is 2.33. The lowest BCUT2D eigenvalue weighted by Gasteiger charge is -2.10. The molecule has 0 aliphatic carbocycles. The van der Waals surface area contributed by atoms with E-state index in [1.807, 2.05) is 31.2 Å². The van der Waals surface area contributed by atoms with E-state index in [0.717, 1.165) is 17.5 Å². The van der Waals surface area contributed by atoms with Crippen LogP contribution in [0.15, 0.2) is 28.7 Å². The van der Waals surface area contributed by atoms with Crippen LogP contribution in [0.4, 0.5) is 6.01 Å². The van der Waals surface area contributed by atoms with Crippen LogP contribution >= 0.6 is 0 Å². The first-order chi connectivity index (χ1) is 7.33. The van der Waals surface area contributed by atoms with Crippen LogP contribution in [-0.4, -0.2) is 22.7 Å². The average molecular weight is 206 g/mol. The summed E-state index contributed by atoms with van der Waals surface area (Å²) in [5, 5.41) is 12.1. The van der Waals surface area contributed by atoms with Crippen LogP contribution in [0, 0.1) is 0 Å². The van der Waals surface area contributed by atoms with E-state index in [1.165, 1.54) is 0 Å². The Morgan fingerprint density at radius 1 is 1.47 bits per heavy atom. The van der Waals surface area contributed by atoms with Gasteiger partial charge in [-0.3, -0.25) is 0 Å². The van der Waals surface area contributed by atoms with Crippen molar-refractivity contribution < 1.29 is 9.52 Å². The van der Waals surface area contributed by atoms with E-state index in [2.05, 4.69) is 10.3 Å². The fraction of sp³-hybridized carbons (Fsp3) is 0.364. The van der Waals surface area contributed by atoms with Gasteiger partial charge in [0.05, 0.1) is 12.6 Å². The maximum Gasteiger partial charge on any atom is 0.295 e. The molecule has 1 aromatic carbocycles. The number of aliphatic hydroxyl groups is 1. The Bertz CT molecular complexity index is 402. The highest BCUT2D eigenvalue weighted by Crippen LogP contribution is 2.18. The molecule has 2 aromatic rings. The highest BCUT2D eigenvalue weighted by molar-refractivity contribution is 5.74. The molecule has 2 N–H and O–H groups in total. The normalized spacial score (nSPS) is 12.9. The van der Waals surface area contributed by atoms with E-state index in [0.29, 0.717) is 6.01 Å². The molecular weight excluding hydrogens is 192 g/mol. The van der Waals surface area contributed by atoms with E-state index in [9.17, 15) is 0 Å². The van der Waals surface area contributed by atoms with Crippen LogP contribution in [0.25, 0.3) is 11.1 Å². The van der Waals surface area contributed by atoms with Crippen molar-refractivity contribution in [3.63, 3.8) is 0 Å². The molecule has 0 unspecified atom stereocenters.